The SMILES string of the molecule is COc1ncc(F)cc1[C@H]1CCCN1c1nc2c(-c3cnc[nH]3)cnn2cc1F. The van der Waals surface area contributed by atoms with E-state index < -0.39 is 11.6 Å². The lowest BCUT2D eigenvalue weighted by molar-refractivity contribution is 0.385. The van der Waals surface area contributed by atoms with E-state index in [1.807, 2.05) is 4.90 Å². The number of halogens is 2. The maximum Gasteiger partial charge on any atom is 0.218 e. The van der Waals surface area contributed by atoms with Crippen molar-refractivity contribution in [1.29, 1.82) is 0 Å². The van der Waals surface area contributed by atoms with Crippen LogP contribution in [0.1, 0.15) is 24.4 Å². The van der Waals surface area contributed by atoms with Crippen molar-refractivity contribution < 1.29 is 13.5 Å². The lowest BCUT2D eigenvalue weighted by atomic mass is 10.1. The summed E-state index contributed by atoms with van der Waals surface area (Å²) < 4.78 is 35.5. The minimum atomic E-state index is -0.507. The fraction of sp³-hybridized carbons (Fsp3) is 0.263. The van der Waals surface area contributed by atoms with E-state index in [4.69, 9.17) is 4.74 Å². The summed E-state index contributed by atoms with van der Waals surface area (Å²) in [5.74, 6) is -0.458. The number of pyridine rings is 1. The summed E-state index contributed by atoms with van der Waals surface area (Å²) in [7, 11) is 1.48. The van der Waals surface area contributed by atoms with E-state index >= 15 is 0 Å². The minimum Gasteiger partial charge on any atom is -0.481 e. The molecular weight excluding hydrogens is 380 g/mol. The van der Waals surface area contributed by atoms with Gasteiger partial charge >= 0.3 is 0 Å². The Kier molecular flexibility index (Phi) is 4.11. The van der Waals surface area contributed by atoms with Gasteiger partial charge in [-0.05, 0) is 18.9 Å². The first-order chi connectivity index (χ1) is 14.2. The Balaban J connectivity index is 1.62. The molecule has 4 aromatic rings. The van der Waals surface area contributed by atoms with E-state index in [0.717, 1.165) is 18.3 Å². The van der Waals surface area contributed by atoms with Crippen LogP contribution < -0.4 is 9.64 Å². The first-order valence-electron chi connectivity index (χ1n) is 9.14. The number of imidazole rings is 1. The third-order valence-electron chi connectivity index (χ3n) is 5.14. The Bertz CT molecular complexity index is 1170. The van der Waals surface area contributed by atoms with Crippen molar-refractivity contribution in [2.24, 2.45) is 0 Å². The van der Waals surface area contributed by atoms with Gasteiger partial charge in [0.15, 0.2) is 17.3 Å². The van der Waals surface area contributed by atoms with Gasteiger partial charge in [-0.3, -0.25) is 0 Å². The Hall–Kier alpha value is -3.56. The number of nitrogens with zero attached hydrogens (tertiary/aromatic N) is 6. The Morgan fingerprint density at radius 1 is 1.24 bits per heavy atom. The van der Waals surface area contributed by atoms with E-state index in [9.17, 15) is 8.78 Å². The zero-order valence-corrected chi connectivity index (χ0v) is 15.5. The number of rotatable bonds is 4. The first kappa shape index (κ1) is 17.5. The van der Waals surface area contributed by atoms with Gasteiger partial charge in [0, 0.05) is 12.1 Å². The molecule has 0 spiro atoms. The van der Waals surface area contributed by atoms with Crippen LogP contribution in [0.4, 0.5) is 14.6 Å². The fourth-order valence-electron chi connectivity index (χ4n) is 3.87. The van der Waals surface area contributed by atoms with Crippen molar-refractivity contribution in [3.63, 3.8) is 0 Å². The molecule has 1 N–H and O–H groups in total. The summed E-state index contributed by atoms with van der Waals surface area (Å²) in [5.41, 5.74) is 2.53. The van der Waals surface area contributed by atoms with Crippen molar-refractivity contribution in [2.45, 2.75) is 18.9 Å². The van der Waals surface area contributed by atoms with Crippen LogP contribution in [0.3, 0.4) is 0 Å². The molecule has 1 aliphatic rings. The molecule has 0 unspecified atom stereocenters. The molecule has 5 rings (SSSR count). The highest BCUT2D eigenvalue weighted by Gasteiger charge is 2.32. The van der Waals surface area contributed by atoms with Gasteiger partial charge in [-0.15, -0.1) is 0 Å². The van der Waals surface area contributed by atoms with Crippen molar-refractivity contribution in [1.82, 2.24) is 29.5 Å². The third kappa shape index (κ3) is 2.87. The average Bonchev–Trinajstić information content (AvgIpc) is 3.47. The monoisotopic (exact) mass is 397 g/mol. The molecule has 1 fully saturated rings. The van der Waals surface area contributed by atoms with E-state index in [-0.39, 0.29) is 11.9 Å². The zero-order chi connectivity index (χ0) is 20.0. The lowest BCUT2D eigenvalue weighted by Crippen LogP contribution is -2.25. The van der Waals surface area contributed by atoms with Gasteiger partial charge in [0.2, 0.25) is 5.88 Å². The van der Waals surface area contributed by atoms with Gasteiger partial charge in [0.25, 0.3) is 0 Å². The number of anilines is 1. The molecular formula is C19H17F2N7O. The lowest BCUT2D eigenvalue weighted by Gasteiger charge is -2.27. The van der Waals surface area contributed by atoms with Crippen LogP contribution in [0.25, 0.3) is 16.9 Å². The number of fused-ring (bicyclic) bond motifs is 1. The molecule has 0 aliphatic carbocycles. The average molecular weight is 397 g/mol. The molecule has 0 saturated carbocycles. The van der Waals surface area contributed by atoms with Gasteiger partial charge in [-0.1, -0.05) is 0 Å². The Labute approximate surface area is 164 Å². The van der Waals surface area contributed by atoms with Crippen LogP contribution in [0, 0.1) is 11.6 Å². The third-order valence-corrected chi connectivity index (χ3v) is 5.14. The van der Waals surface area contributed by atoms with Crippen LogP contribution >= 0.6 is 0 Å². The molecule has 29 heavy (non-hydrogen) atoms. The normalized spacial score (nSPS) is 16.7. The predicted molar refractivity (Wildman–Crippen MR) is 101 cm³/mol. The quantitative estimate of drug-likeness (QED) is 0.570. The van der Waals surface area contributed by atoms with Crippen LogP contribution in [-0.4, -0.2) is 43.2 Å². The van der Waals surface area contributed by atoms with Gasteiger partial charge in [-0.25, -0.2) is 28.2 Å². The van der Waals surface area contributed by atoms with Gasteiger partial charge < -0.3 is 14.6 Å². The van der Waals surface area contributed by atoms with E-state index in [2.05, 4.69) is 25.0 Å². The molecule has 1 aliphatic heterocycles. The van der Waals surface area contributed by atoms with Crippen molar-refractivity contribution in [2.75, 3.05) is 18.6 Å². The number of hydrogen-bond acceptors (Lipinski definition) is 6. The predicted octanol–water partition coefficient (Wildman–Crippen LogP) is 3.14. The molecule has 4 aromatic heterocycles. The molecule has 1 atom stereocenters. The Morgan fingerprint density at radius 2 is 2.14 bits per heavy atom. The van der Waals surface area contributed by atoms with Crippen molar-refractivity contribution in [3.8, 4) is 17.1 Å². The van der Waals surface area contributed by atoms with Crippen LogP contribution in [0.2, 0.25) is 0 Å². The molecule has 0 amide bonds. The highest BCUT2D eigenvalue weighted by molar-refractivity contribution is 5.75. The number of aromatic amines is 1. The standard InChI is InChI=1S/C19H17F2N7O/c1-29-19-12(5-11(20)6-23-19)16-3-2-4-27(16)18-14(21)9-28-17(26-18)13(7-25-28)15-8-22-10-24-15/h5-10,16H,2-4H2,1H3,(H,22,24)/t16-/m1/s1. The first-order valence-corrected chi connectivity index (χ1v) is 9.14. The summed E-state index contributed by atoms with van der Waals surface area (Å²) in [5, 5.41) is 4.19. The molecule has 0 aromatic carbocycles. The summed E-state index contributed by atoms with van der Waals surface area (Å²) in [4.78, 5) is 17.5. The fourth-order valence-corrected chi connectivity index (χ4v) is 3.87. The molecule has 0 radical (unpaired) electrons. The van der Waals surface area contributed by atoms with Gasteiger partial charge in [0.05, 0.1) is 55.5 Å². The number of aromatic nitrogens is 6. The number of hydrogen-bond donors (Lipinski definition) is 1. The topological polar surface area (TPSA) is 84.2 Å². The van der Waals surface area contributed by atoms with Gasteiger partial charge in [0.1, 0.15) is 5.82 Å². The molecule has 10 heteroatoms. The maximum atomic E-state index is 15.0. The second-order valence-electron chi connectivity index (χ2n) is 6.81. The van der Waals surface area contributed by atoms with E-state index in [1.54, 1.807) is 18.7 Å². The van der Waals surface area contributed by atoms with Crippen molar-refractivity contribution >= 4 is 11.5 Å². The second-order valence-corrected chi connectivity index (χ2v) is 6.81. The second kappa shape index (κ2) is 6.80. The van der Waals surface area contributed by atoms with Crippen molar-refractivity contribution in [3.05, 3.63) is 54.4 Å². The van der Waals surface area contributed by atoms with Crippen LogP contribution in [0.5, 0.6) is 5.88 Å². The van der Waals surface area contributed by atoms with E-state index in [1.165, 1.54) is 23.9 Å². The molecule has 0 bridgehead atoms. The van der Waals surface area contributed by atoms with E-state index in [0.29, 0.717) is 35.6 Å². The number of ether oxygens (including phenoxy) is 1. The number of H-pyrrole nitrogens is 1. The largest absolute Gasteiger partial charge is 0.481 e. The Morgan fingerprint density at radius 3 is 2.93 bits per heavy atom. The number of methoxy groups -OCH3 is 1. The molecule has 148 valence electrons. The summed E-state index contributed by atoms with van der Waals surface area (Å²) in [6, 6.07) is 1.09. The molecule has 5 heterocycles. The highest BCUT2D eigenvalue weighted by Crippen LogP contribution is 2.40. The number of nitrogens with one attached hydrogen (secondary N) is 1. The minimum absolute atomic E-state index is 0.188. The highest BCUT2D eigenvalue weighted by atomic mass is 19.1. The summed E-state index contributed by atoms with van der Waals surface area (Å²) >= 11 is 0. The summed E-state index contributed by atoms with van der Waals surface area (Å²) in [6.07, 6.45) is 8.75. The molecule has 1 saturated heterocycles. The zero-order valence-electron chi connectivity index (χ0n) is 15.5. The summed E-state index contributed by atoms with van der Waals surface area (Å²) in [6.45, 7) is 0.581. The maximum absolute atomic E-state index is 15.0. The van der Waals surface area contributed by atoms with Gasteiger partial charge in [-0.2, -0.15) is 5.10 Å². The smallest absolute Gasteiger partial charge is 0.218 e. The van der Waals surface area contributed by atoms with Crippen LogP contribution in [-0.2, 0) is 0 Å². The van der Waals surface area contributed by atoms with Crippen LogP contribution in [0.15, 0.2) is 37.2 Å². The molecule has 8 nitrogen and oxygen atoms in total.